The molecule has 0 spiro atoms. The van der Waals surface area contributed by atoms with Gasteiger partial charge in [0.2, 0.25) is 5.91 Å². The van der Waals surface area contributed by atoms with Crippen LogP contribution < -0.4 is 10.6 Å². The lowest BCUT2D eigenvalue weighted by Gasteiger charge is -2.19. The van der Waals surface area contributed by atoms with Crippen LogP contribution in [0.2, 0.25) is 0 Å². The summed E-state index contributed by atoms with van der Waals surface area (Å²) in [6.07, 6.45) is 0.454. The molecular formula is C16H20N2O6. The summed E-state index contributed by atoms with van der Waals surface area (Å²) in [5, 5.41) is 22.6. The predicted molar refractivity (Wildman–Crippen MR) is 85.0 cm³/mol. The summed E-state index contributed by atoms with van der Waals surface area (Å²) >= 11 is 0. The van der Waals surface area contributed by atoms with Crippen LogP contribution in [-0.2, 0) is 20.9 Å². The number of benzene rings is 1. The topological polar surface area (TPSA) is 125 Å². The molecule has 24 heavy (non-hydrogen) atoms. The number of hydrogen-bond donors (Lipinski definition) is 4. The maximum absolute atomic E-state index is 11.9. The second kappa shape index (κ2) is 10.0. The van der Waals surface area contributed by atoms with Crippen molar-refractivity contribution in [3.8, 4) is 0 Å². The molecule has 0 heterocycles. The van der Waals surface area contributed by atoms with Gasteiger partial charge >= 0.3 is 12.1 Å². The highest BCUT2D eigenvalue weighted by molar-refractivity contribution is 5.89. The minimum atomic E-state index is -1.32. The molecular weight excluding hydrogens is 316 g/mol. The Bertz CT molecular complexity index is 575. The summed E-state index contributed by atoms with van der Waals surface area (Å²) in [5.41, 5.74) is 0.759. The summed E-state index contributed by atoms with van der Waals surface area (Å²) in [6, 6.07) is 6.40. The van der Waals surface area contributed by atoms with E-state index >= 15 is 0 Å². The largest absolute Gasteiger partial charge is 0.480 e. The van der Waals surface area contributed by atoms with E-state index in [-0.39, 0.29) is 13.0 Å². The molecule has 0 saturated heterocycles. The highest BCUT2D eigenvalue weighted by Gasteiger charge is 2.25. The Labute approximate surface area is 139 Å². The number of hydrogen-bond acceptors (Lipinski definition) is 5. The Kier molecular flexibility index (Phi) is 8.00. The minimum absolute atomic E-state index is 0.000651. The molecule has 1 aromatic rings. The summed E-state index contributed by atoms with van der Waals surface area (Å²) in [5.74, 6) is -2.07. The van der Waals surface area contributed by atoms with Gasteiger partial charge in [-0.3, -0.25) is 4.79 Å². The number of ether oxygens (including phenoxy) is 1. The molecule has 0 aliphatic carbocycles. The Hall–Kier alpha value is -2.87. The lowest BCUT2D eigenvalue weighted by Crippen LogP contribution is -2.53. The van der Waals surface area contributed by atoms with Gasteiger partial charge in [0.1, 0.15) is 18.7 Å². The van der Waals surface area contributed by atoms with Crippen LogP contribution in [0.3, 0.4) is 0 Å². The van der Waals surface area contributed by atoms with Crippen LogP contribution in [0, 0.1) is 0 Å². The van der Waals surface area contributed by atoms with Gasteiger partial charge in [-0.25, -0.2) is 9.59 Å². The first-order valence-electron chi connectivity index (χ1n) is 7.20. The third-order valence-electron chi connectivity index (χ3n) is 3.02. The van der Waals surface area contributed by atoms with Crippen molar-refractivity contribution in [2.75, 3.05) is 6.61 Å². The second-order valence-electron chi connectivity index (χ2n) is 4.87. The van der Waals surface area contributed by atoms with Crippen LogP contribution in [-0.4, -0.2) is 46.9 Å². The van der Waals surface area contributed by atoms with Crippen molar-refractivity contribution in [1.29, 1.82) is 0 Å². The van der Waals surface area contributed by atoms with Crippen LogP contribution in [0.25, 0.3) is 0 Å². The molecule has 0 saturated carbocycles. The molecule has 0 aromatic heterocycles. The first kappa shape index (κ1) is 19.2. The van der Waals surface area contributed by atoms with E-state index in [1.165, 1.54) is 6.08 Å². The van der Waals surface area contributed by atoms with Gasteiger partial charge < -0.3 is 25.6 Å². The van der Waals surface area contributed by atoms with Gasteiger partial charge in [0.15, 0.2) is 0 Å². The number of aliphatic hydroxyl groups excluding tert-OH is 1. The average Bonchev–Trinajstić information content (AvgIpc) is 2.58. The van der Waals surface area contributed by atoms with Crippen molar-refractivity contribution in [2.45, 2.75) is 25.1 Å². The summed E-state index contributed by atoms with van der Waals surface area (Å²) < 4.78 is 4.94. The molecule has 0 aliphatic heterocycles. The molecule has 4 N–H and O–H groups in total. The van der Waals surface area contributed by atoms with Crippen molar-refractivity contribution in [2.24, 2.45) is 0 Å². The molecule has 1 rings (SSSR count). The second-order valence-corrected chi connectivity index (χ2v) is 4.87. The monoisotopic (exact) mass is 336 g/mol. The molecule has 8 heteroatoms. The zero-order chi connectivity index (χ0) is 17.9. The normalized spacial score (nSPS) is 12.5. The Morgan fingerprint density at radius 2 is 1.83 bits per heavy atom. The van der Waals surface area contributed by atoms with Crippen LogP contribution in [0.1, 0.15) is 12.0 Å². The number of amides is 2. The van der Waals surface area contributed by atoms with Gasteiger partial charge in [-0.2, -0.15) is 0 Å². The fourth-order valence-electron chi connectivity index (χ4n) is 1.76. The number of carbonyl (C=O) groups excluding carboxylic acids is 2. The quantitative estimate of drug-likeness (QED) is 0.484. The zero-order valence-electron chi connectivity index (χ0n) is 13.0. The van der Waals surface area contributed by atoms with Gasteiger partial charge in [-0.1, -0.05) is 36.4 Å². The SMILES string of the molecule is C=CC[C@@H](NC(=O)[C@H](CO)NC(=O)OCc1ccccc1)C(=O)O. The molecule has 2 amide bonds. The van der Waals surface area contributed by atoms with Crippen LogP contribution in [0.15, 0.2) is 43.0 Å². The van der Waals surface area contributed by atoms with Crippen molar-refractivity contribution in [1.82, 2.24) is 10.6 Å². The Morgan fingerprint density at radius 3 is 2.38 bits per heavy atom. The number of nitrogens with one attached hydrogen (secondary N) is 2. The number of carbonyl (C=O) groups is 3. The highest BCUT2D eigenvalue weighted by Crippen LogP contribution is 2.01. The Balaban J connectivity index is 2.52. The van der Waals surface area contributed by atoms with Crippen LogP contribution >= 0.6 is 0 Å². The van der Waals surface area contributed by atoms with E-state index in [4.69, 9.17) is 9.84 Å². The van der Waals surface area contributed by atoms with Crippen molar-refractivity contribution in [3.63, 3.8) is 0 Å². The first-order valence-corrected chi connectivity index (χ1v) is 7.20. The molecule has 0 radical (unpaired) electrons. The van der Waals surface area contributed by atoms with Crippen molar-refractivity contribution in [3.05, 3.63) is 48.6 Å². The van der Waals surface area contributed by atoms with Gasteiger partial charge in [0.25, 0.3) is 0 Å². The number of carboxylic acid groups (broad SMARTS) is 1. The van der Waals surface area contributed by atoms with E-state index in [2.05, 4.69) is 17.2 Å². The third-order valence-corrected chi connectivity index (χ3v) is 3.02. The fraction of sp³-hybridized carbons (Fsp3) is 0.312. The molecule has 1 aromatic carbocycles. The standard InChI is InChI=1S/C16H20N2O6/c1-2-6-12(15(21)22)17-14(20)13(9-19)18-16(23)24-10-11-7-4-3-5-8-11/h2-5,7-8,12-13,19H,1,6,9-10H2,(H,17,20)(H,18,23)(H,21,22)/t12-,13+/m1/s1. The highest BCUT2D eigenvalue weighted by atomic mass is 16.5. The van der Waals surface area contributed by atoms with Crippen LogP contribution in [0.4, 0.5) is 4.79 Å². The number of alkyl carbamates (subject to hydrolysis) is 1. The van der Waals surface area contributed by atoms with Crippen molar-refractivity contribution < 1.29 is 29.3 Å². The van der Waals surface area contributed by atoms with E-state index in [1.54, 1.807) is 24.3 Å². The fourth-order valence-corrected chi connectivity index (χ4v) is 1.76. The molecule has 130 valence electrons. The third kappa shape index (κ3) is 6.49. The van der Waals surface area contributed by atoms with Gasteiger partial charge in [0.05, 0.1) is 6.61 Å². The maximum atomic E-state index is 11.9. The van der Waals surface area contributed by atoms with E-state index in [9.17, 15) is 19.5 Å². The maximum Gasteiger partial charge on any atom is 0.408 e. The van der Waals surface area contributed by atoms with Crippen molar-refractivity contribution >= 4 is 18.0 Å². The number of rotatable bonds is 9. The Morgan fingerprint density at radius 1 is 1.17 bits per heavy atom. The van der Waals surface area contributed by atoms with Gasteiger partial charge in [-0.15, -0.1) is 6.58 Å². The first-order chi connectivity index (χ1) is 11.5. The number of carboxylic acids is 1. The molecule has 8 nitrogen and oxygen atoms in total. The average molecular weight is 336 g/mol. The van der Waals surface area contributed by atoms with Gasteiger partial charge in [0, 0.05) is 0 Å². The zero-order valence-corrected chi connectivity index (χ0v) is 13.0. The lowest BCUT2D eigenvalue weighted by molar-refractivity contribution is -0.142. The number of aliphatic carboxylic acids is 1. The summed E-state index contributed by atoms with van der Waals surface area (Å²) in [6.45, 7) is 2.70. The molecule has 0 bridgehead atoms. The molecule has 0 unspecified atom stereocenters. The van der Waals surface area contributed by atoms with E-state index < -0.39 is 36.7 Å². The van der Waals surface area contributed by atoms with Crippen LogP contribution in [0.5, 0.6) is 0 Å². The summed E-state index contributed by atoms with van der Waals surface area (Å²) in [7, 11) is 0. The molecule has 2 atom stereocenters. The minimum Gasteiger partial charge on any atom is -0.480 e. The van der Waals surface area contributed by atoms with E-state index in [1.807, 2.05) is 6.07 Å². The number of aliphatic hydroxyl groups is 1. The summed E-state index contributed by atoms with van der Waals surface area (Å²) in [4.78, 5) is 34.6. The molecule has 0 fully saturated rings. The smallest absolute Gasteiger partial charge is 0.408 e. The van der Waals surface area contributed by atoms with E-state index in [0.717, 1.165) is 5.56 Å². The van der Waals surface area contributed by atoms with Gasteiger partial charge in [-0.05, 0) is 12.0 Å². The predicted octanol–water partition coefficient (Wildman–Crippen LogP) is 0.419. The lowest BCUT2D eigenvalue weighted by atomic mass is 10.2. The van der Waals surface area contributed by atoms with E-state index in [0.29, 0.717) is 0 Å². The molecule has 0 aliphatic rings.